The summed E-state index contributed by atoms with van der Waals surface area (Å²) < 4.78 is 5.33. The highest BCUT2D eigenvalue weighted by Gasteiger charge is 2.21. The van der Waals surface area contributed by atoms with Crippen molar-refractivity contribution in [3.8, 4) is 0 Å². The van der Waals surface area contributed by atoms with Crippen molar-refractivity contribution in [2.24, 2.45) is 5.92 Å². The van der Waals surface area contributed by atoms with Gasteiger partial charge in [-0.05, 0) is 31.5 Å². The molecule has 0 aromatic heterocycles. The van der Waals surface area contributed by atoms with Crippen LogP contribution in [0.1, 0.15) is 23.2 Å². The fourth-order valence-electron chi connectivity index (χ4n) is 2.63. The summed E-state index contributed by atoms with van der Waals surface area (Å²) in [5.41, 5.74) is 0.299. The van der Waals surface area contributed by atoms with Crippen LogP contribution in [0.4, 0.5) is 5.69 Å². The van der Waals surface area contributed by atoms with Crippen LogP contribution in [0.15, 0.2) is 36.9 Å². The lowest BCUT2D eigenvalue weighted by Crippen LogP contribution is -2.37. The van der Waals surface area contributed by atoms with Gasteiger partial charge in [-0.1, -0.05) is 6.08 Å². The van der Waals surface area contributed by atoms with Crippen LogP contribution in [-0.2, 0) is 4.74 Å². The molecule has 1 unspecified atom stereocenters. The van der Waals surface area contributed by atoms with Crippen molar-refractivity contribution >= 4 is 11.7 Å². The average Bonchev–Trinajstić information content (AvgIpc) is 2.53. The minimum absolute atomic E-state index is 0.0381. The normalized spacial score (nSPS) is 18.6. The molecule has 1 fully saturated rings. The first-order valence-electron chi connectivity index (χ1n) is 7.35. The number of nitrogens with zero attached hydrogens (tertiary/aromatic N) is 2. The van der Waals surface area contributed by atoms with Crippen LogP contribution in [0.5, 0.6) is 0 Å². The molecule has 2 rings (SSSR count). The summed E-state index contributed by atoms with van der Waals surface area (Å²) in [5.74, 6) is -0.105. The summed E-state index contributed by atoms with van der Waals surface area (Å²) in [6.07, 6.45) is 4.01. The Morgan fingerprint density at radius 2 is 2.18 bits per heavy atom. The van der Waals surface area contributed by atoms with Crippen LogP contribution in [0.3, 0.4) is 0 Å². The molecule has 0 N–H and O–H groups in total. The van der Waals surface area contributed by atoms with E-state index in [2.05, 4.69) is 11.5 Å². The second-order valence-electron chi connectivity index (χ2n) is 5.46. The van der Waals surface area contributed by atoms with Gasteiger partial charge >= 0.3 is 5.97 Å². The Bertz CT molecular complexity index is 542. The molecular weight excluding hydrogens is 284 g/mol. The third kappa shape index (κ3) is 4.39. The summed E-state index contributed by atoms with van der Waals surface area (Å²) >= 11 is 0. The second-order valence-corrected chi connectivity index (χ2v) is 5.46. The zero-order valence-electron chi connectivity index (χ0n) is 12.4. The minimum atomic E-state index is -0.495. The largest absolute Gasteiger partial charge is 0.462 e. The van der Waals surface area contributed by atoms with Gasteiger partial charge in [-0.2, -0.15) is 0 Å². The number of carbonyl (C=O) groups is 1. The van der Waals surface area contributed by atoms with Gasteiger partial charge in [-0.3, -0.25) is 15.0 Å². The lowest BCUT2D eigenvalue weighted by Gasteiger charge is -2.31. The van der Waals surface area contributed by atoms with Crippen LogP contribution in [0, 0.1) is 16.0 Å². The first-order valence-corrected chi connectivity index (χ1v) is 7.35. The monoisotopic (exact) mass is 304 g/mol. The zero-order valence-corrected chi connectivity index (χ0v) is 12.4. The number of benzene rings is 1. The maximum Gasteiger partial charge on any atom is 0.338 e. The summed E-state index contributed by atoms with van der Waals surface area (Å²) in [6, 6.07) is 5.46. The Balaban J connectivity index is 1.84. The molecule has 0 aliphatic carbocycles. The fourth-order valence-corrected chi connectivity index (χ4v) is 2.63. The Labute approximate surface area is 129 Å². The van der Waals surface area contributed by atoms with Crippen molar-refractivity contribution in [2.75, 3.05) is 26.2 Å². The molecule has 1 aliphatic rings. The van der Waals surface area contributed by atoms with Gasteiger partial charge in [0.1, 0.15) is 0 Å². The number of piperidine rings is 1. The number of nitro groups is 1. The Kier molecular flexibility index (Phi) is 5.66. The molecule has 0 radical (unpaired) electrons. The molecule has 1 aromatic carbocycles. The van der Waals surface area contributed by atoms with E-state index >= 15 is 0 Å². The van der Waals surface area contributed by atoms with Crippen molar-refractivity contribution < 1.29 is 14.5 Å². The van der Waals surface area contributed by atoms with Crippen LogP contribution >= 0.6 is 0 Å². The first kappa shape index (κ1) is 16.2. The average molecular weight is 304 g/mol. The molecule has 118 valence electrons. The van der Waals surface area contributed by atoms with Gasteiger partial charge in [0.15, 0.2) is 0 Å². The van der Waals surface area contributed by atoms with Gasteiger partial charge in [-0.25, -0.2) is 4.79 Å². The quantitative estimate of drug-likeness (QED) is 0.349. The van der Waals surface area contributed by atoms with E-state index in [4.69, 9.17) is 4.74 Å². The van der Waals surface area contributed by atoms with E-state index in [-0.39, 0.29) is 5.69 Å². The summed E-state index contributed by atoms with van der Waals surface area (Å²) in [7, 11) is 0. The zero-order chi connectivity index (χ0) is 15.9. The minimum Gasteiger partial charge on any atom is -0.462 e. The SMILES string of the molecule is C=CCN1CCCC(COC(=O)c2ccc([N+](=O)[O-])cc2)C1. The molecule has 1 aromatic rings. The molecule has 0 saturated carbocycles. The number of non-ortho nitro benzene ring substituents is 1. The molecule has 1 aliphatic heterocycles. The standard InChI is InChI=1S/C16H20N2O4/c1-2-9-17-10-3-4-13(11-17)12-22-16(19)14-5-7-15(8-6-14)18(20)21/h2,5-8,13H,1,3-4,9-12H2. The number of ether oxygens (including phenoxy) is 1. The third-order valence-corrected chi connectivity index (χ3v) is 3.75. The summed E-state index contributed by atoms with van der Waals surface area (Å²) in [4.78, 5) is 24.3. The van der Waals surface area contributed by atoms with Crippen LogP contribution in [0.2, 0.25) is 0 Å². The topological polar surface area (TPSA) is 72.7 Å². The third-order valence-electron chi connectivity index (χ3n) is 3.75. The molecule has 22 heavy (non-hydrogen) atoms. The van der Waals surface area contributed by atoms with Crippen molar-refractivity contribution in [3.05, 3.63) is 52.6 Å². The number of esters is 1. The van der Waals surface area contributed by atoms with Gasteiger partial charge < -0.3 is 4.74 Å². The van der Waals surface area contributed by atoms with Gasteiger partial charge in [0.25, 0.3) is 5.69 Å². The lowest BCUT2D eigenvalue weighted by atomic mass is 9.99. The van der Waals surface area contributed by atoms with E-state index < -0.39 is 10.9 Å². The molecular formula is C16H20N2O4. The molecule has 1 atom stereocenters. The van der Waals surface area contributed by atoms with E-state index in [1.54, 1.807) is 0 Å². The molecule has 0 spiro atoms. The van der Waals surface area contributed by atoms with E-state index in [0.717, 1.165) is 32.5 Å². The van der Waals surface area contributed by atoms with Crippen molar-refractivity contribution in [3.63, 3.8) is 0 Å². The molecule has 1 heterocycles. The smallest absolute Gasteiger partial charge is 0.338 e. The maximum atomic E-state index is 12.0. The maximum absolute atomic E-state index is 12.0. The van der Waals surface area contributed by atoms with E-state index in [0.29, 0.717) is 18.1 Å². The Morgan fingerprint density at radius 1 is 1.45 bits per heavy atom. The molecule has 1 saturated heterocycles. The number of hydrogen-bond acceptors (Lipinski definition) is 5. The summed E-state index contributed by atoms with van der Waals surface area (Å²) in [6.45, 7) is 6.93. The van der Waals surface area contributed by atoms with E-state index in [9.17, 15) is 14.9 Å². The number of rotatable bonds is 6. The molecule has 6 nitrogen and oxygen atoms in total. The van der Waals surface area contributed by atoms with E-state index in [1.807, 2.05) is 6.08 Å². The van der Waals surface area contributed by atoms with Crippen molar-refractivity contribution in [1.29, 1.82) is 0 Å². The van der Waals surface area contributed by atoms with Crippen LogP contribution in [-0.4, -0.2) is 42.0 Å². The molecule has 0 bridgehead atoms. The predicted molar refractivity (Wildman–Crippen MR) is 82.7 cm³/mol. The summed E-state index contributed by atoms with van der Waals surface area (Å²) in [5, 5.41) is 10.6. The van der Waals surface area contributed by atoms with Gasteiger partial charge in [-0.15, -0.1) is 6.58 Å². The first-order chi connectivity index (χ1) is 10.6. The van der Waals surface area contributed by atoms with Gasteiger partial charge in [0, 0.05) is 31.1 Å². The second kappa shape index (κ2) is 7.70. The number of nitro benzene ring substituents is 1. The van der Waals surface area contributed by atoms with Crippen molar-refractivity contribution in [2.45, 2.75) is 12.8 Å². The highest BCUT2D eigenvalue weighted by atomic mass is 16.6. The molecule has 0 amide bonds. The Hall–Kier alpha value is -2.21. The Morgan fingerprint density at radius 3 is 2.82 bits per heavy atom. The molecule has 6 heteroatoms. The number of likely N-dealkylation sites (tertiary alicyclic amines) is 1. The van der Waals surface area contributed by atoms with Crippen LogP contribution in [0.25, 0.3) is 0 Å². The van der Waals surface area contributed by atoms with E-state index in [1.165, 1.54) is 24.3 Å². The number of carbonyl (C=O) groups excluding carboxylic acids is 1. The number of hydrogen-bond donors (Lipinski definition) is 0. The highest BCUT2D eigenvalue weighted by molar-refractivity contribution is 5.89. The predicted octanol–water partition coefficient (Wildman–Crippen LogP) is 2.65. The highest BCUT2D eigenvalue weighted by Crippen LogP contribution is 2.18. The van der Waals surface area contributed by atoms with Gasteiger partial charge in [0.05, 0.1) is 17.1 Å². The fraction of sp³-hybridized carbons (Fsp3) is 0.438. The van der Waals surface area contributed by atoms with Crippen molar-refractivity contribution in [1.82, 2.24) is 4.90 Å². The van der Waals surface area contributed by atoms with Crippen LogP contribution < -0.4 is 0 Å². The van der Waals surface area contributed by atoms with Gasteiger partial charge in [0.2, 0.25) is 0 Å². The lowest BCUT2D eigenvalue weighted by molar-refractivity contribution is -0.384.